The highest BCUT2D eigenvalue weighted by molar-refractivity contribution is 7.13. The van der Waals surface area contributed by atoms with Gasteiger partial charge in [0.05, 0.1) is 17.5 Å². The van der Waals surface area contributed by atoms with Gasteiger partial charge < -0.3 is 15.3 Å². The standard InChI is InChI=1S/C14H12F3N7O2S/c1-24-12(21-22-23-24)11-8(3-2-4-10(11)26-14(15,16)17)5-19-25-6-9-7-27-13(18)20-9/h2-5,7H,6H2,1H3,(H2,18,20). The van der Waals surface area contributed by atoms with Crippen molar-refractivity contribution in [3.63, 3.8) is 0 Å². The van der Waals surface area contributed by atoms with Crippen LogP contribution in [0.3, 0.4) is 0 Å². The molecule has 0 saturated carbocycles. The van der Waals surface area contributed by atoms with Gasteiger partial charge in [-0.15, -0.1) is 29.6 Å². The molecule has 2 heterocycles. The number of aryl methyl sites for hydroxylation is 1. The van der Waals surface area contributed by atoms with Crippen LogP contribution in [0.1, 0.15) is 11.3 Å². The number of hydrogen-bond donors (Lipinski definition) is 1. The average molecular weight is 399 g/mol. The molecule has 1 aromatic carbocycles. The molecule has 0 radical (unpaired) electrons. The number of aromatic nitrogens is 5. The first kappa shape index (κ1) is 18.6. The van der Waals surface area contributed by atoms with Crippen molar-refractivity contribution in [1.82, 2.24) is 25.2 Å². The molecule has 0 fully saturated rings. The number of thiazole rings is 1. The first-order valence-electron chi connectivity index (χ1n) is 7.30. The Morgan fingerprint density at radius 1 is 1.37 bits per heavy atom. The maximum absolute atomic E-state index is 12.7. The Kier molecular flexibility index (Phi) is 5.21. The summed E-state index contributed by atoms with van der Waals surface area (Å²) >= 11 is 1.26. The van der Waals surface area contributed by atoms with Crippen molar-refractivity contribution in [1.29, 1.82) is 0 Å². The largest absolute Gasteiger partial charge is 0.573 e. The summed E-state index contributed by atoms with van der Waals surface area (Å²) < 4.78 is 43.5. The fourth-order valence-corrected chi connectivity index (χ4v) is 2.68. The first-order valence-corrected chi connectivity index (χ1v) is 8.18. The lowest BCUT2D eigenvalue weighted by Crippen LogP contribution is -2.18. The highest BCUT2D eigenvalue weighted by atomic mass is 32.1. The molecule has 3 aromatic rings. The average Bonchev–Trinajstić information content (AvgIpc) is 3.19. The lowest BCUT2D eigenvalue weighted by Gasteiger charge is -2.14. The zero-order valence-corrected chi connectivity index (χ0v) is 14.5. The van der Waals surface area contributed by atoms with E-state index in [0.717, 1.165) is 6.07 Å². The quantitative estimate of drug-likeness (QED) is 0.500. The Hall–Kier alpha value is -3.22. The smallest absolute Gasteiger partial charge is 0.405 e. The Morgan fingerprint density at radius 3 is 2.81 bits per heavy atom. The molecule has 9 nitrogen and oxygen atoms in total. The third kappa shape index (κ3) is 4.69. The van der Waals surface area contributed by atoms with Crippen molar-refractivity contribution in [2.75, 3.05) is 5.73 Å². The number of alkyl halides is 3. The zero-order valence-electron chi connectivity index (χ0n) is 13.7. The molecule has 0 aliphatic rings. The fraction of sp³-hybridized carbons (Fsp3) is 0.214. The van der Waals surface area contributed by atoms with Gasteiger partial charge in [-0.2, -0.15) is 0 Å². The highest BCUT2D eigenvalue weighted by Crippen LogP contribution is 2.34. The van der Waals surface area contributed by atoms with Crippen LogP contribution in [0.15, 0.2) is 28.7 Å². The van der Waals surface area contributed by atoms with Crippen LogP contribution in [0.4, 0.5) is 18.3 Å². The predicted molar refractivity (Wildman–Crippen MR) is 89.8 cm³/mol. The molecule has 0 aliphatic heterocycles. The van der Waals surface area contributed by atoms with Gasteiger partial charge in [-0.25, -0.2) is 9.67 Å². The normalized spacial score (nSPS) is 11.9. The van der Waals surface area contributed by atoms with E-state index in [1.54, 1.807) is 5.38 Å². The van der Waals surface area contributed by atoms with E-state index in [-0.39, 0.29) is 23.6 Å². The number of nitrogen functional groups attached to an aromatic ring is 1. The molecule has 0 amide bonds. The minimum absolute atomic E-state index is 0.0209. The molecule has 0 aliphatic carbocycles. The summed E-state index contributed by atoms with van der Waals surface area (Å²) in [6, 6.07) is 4.07. The summed E-state index contributed by atoms with van der Waals surface area (Å²) in [4.78, 5) is 9.12. The van der Waals surface area contributed by atoms with Gasteiger partial charge in [0.1, 0.15) is 5.75 Å². The number of nitrogens with two attached hydrogens (primary N) is 1. The molecule has 0 bridgehead atoms. The van der Waals surface area contributed by atoms with Crippen LogP contribution in [0.2, 0.25) is 0 Å². The van der Waals surface area contributed by atoms with Crippen LogP contribution in [-0.2, 0) is 18.5 Å². The third-order valence-corrected chi connectivity index (χ3v) is 3.90. The summed E-state index contributed by atoms with van der Waals surface area (Å²) in [5.74, 6) is -0.389. The number of hydrogen-bond acceptors (Lipinski definition) is 9. The van der Waals surface area contributed by atoms with Gasteiger partial charge in [-0.1, -0.05) is 17.3 Å². The monoisotopic (exact) mass is 399 g/mol. The van der Waals surface area contributed by atoms with E-state index in [1.165, 1.54) is 41.4 Å². The van der Waals surface area contributed by atoms with Gasteiger partial charge in [-0.05, 0) is 16.5 Å². The predicted octanol–water partition coefficient (Wildman–Crippen LogP) is 2.37. The number of halogens is 3. The van der Waals surface area contributed by atoms with Crippen LogP contribution in [0.25, 0.3) is 11.4 Å². The van der Waals surface area contributed by atoms with Crippen LogP contribution in [0, 0.1) is 0 Å². The Bertz CT molecular complexity index is 954. The van der Waals surface area contributed by atoms with Crippen molar-refractivity contribution in [3.8, 4) is 17.1 Å². The molecular formula is C14H12F3N7O2S. The third-order valence-electron chi connectivity index (χ3n) is 3.18. The summed E-state index contributed by atoms with van der Waals surface area (Å²) in [6.45, 7) is 0.0593. The number of nitrogens with zero attached hydrogens (tertiary/aromatic N) is 6. The number of anilines is 1. The maximum Gasteiger partial charge on any atom is 0.573 e. The summed E-state index contributed by atoms with van der Waals surface area (Å²) in [7, 11) is 1.49. The first-order chi connectivity index (χ1) is 12.8. The van der Waals surface area contributed by atoms with Crippen molar-refractivity contribution in [3.05, 3.63) is 34.8 Å². The van der Waals surface area contributed by atoms with E-state index in [4.69, 9.17) is 10.6 Å². The zero-order chi connectivity index (χ0) is 19.4. The molecule has 2 N–H and O–H groups in total. The summed E-state index contributed by atoms with van der Waals surface area (Å²) in [5.41, 5.74) is 6.39. The summed E-state index contributed by atoms with van der Waals surface area (Å²) in [5, 5.41) is 16.7. The van der Waals surface area contributed by atoms with E-state index < -0.39 is 12.1 Å². The van der Waals surface area contributed by atoms with Gasteiger partial charge in [0.15, 0.2) is 17.6 Å². The van der Waals surface area contributed by atoms with Crippen LogP contribution < -0.4 is 10.5 Å². The second-order valence-electron chi connectivity index (χ2n) is 5.08. The van der Waals surface area contributed by atoms with Gasteiger partial charge in [0.2, 0.25) is 0 Å². The molecular weight excluding hydrogens is 387 g/mol. The van der Waals surface area contributed by atoms with E-state index in [9.17, 15) is 13.2 Å². The summed E-state index contributed by atoms with van der Waals surface area (Å²) in [6.07, 6.45) is -3.64. The van der Waals surface area contributed by atoms with Gasteiger partial charge >= 0.3 is 6.36 Å². The number of ether oxygens (including phenoxy) is 1. The minimum atomic E-state index is -4.88. The molecule has 0 atom stereocenters. The van der Waals surface area contributed by atoms with E-state index in [2.05, 4.69) is 30.4 Å². The lowest BCUT2D eigenvalue weighted by atomic mass is 10.1. The number of rotatable bonds is 6. The molecule has 3 rings (SSSR count). The minimum Gasteiger partial charge on any atom is -0.405 e. The van der Waals surface area contributed by atoms with Crippen LogP contribution in [-0.4, -0.2) is 37.8 Å². The van der Waals surface area contributed by atoms with Crippen molar-refractivity contribution in [2.45, 2.75) is 13.0 Å². The number of oxime groups is 1. The highest BCUT2D eigenvalue weighted by Gasteiger charge is 2.33. The van der Waals surface area contributed by atoms with Gasteiger partial charge in [0, 0.05) is 18.0 Å². The fourth-order valence-electron chi connectivity index (χ4n) is 2.13. The van der Waals surface area contributed by atoms with Crippen molar-refractivity contribution < 1.29 is 22.7 Å². The Labute approximate surface area is 154 Å². The number of tetrazole rings is 1. The number of benzene rings is 1. The van der Waals surface area contributed by atoms with Gasteiger partial charge in [-0.3, -0.25) is 0 Å². The van der Waals surface area contributed by atoms with Crippen molar-refractivity contribution in [2.24, 2.45) is 12.2 Å². The van der Waals surface area contributed by atoms with Gasteiger partial charge in [0.25, 0.3) is 0 Å². The molecule has 13 heteroatoms. The van der Waals surface area contributed by atoms with E-state index >= 15 is 0 Å². The Morgan fingerprint density at radius 2 is 2.19 bits per heavy atom. The van der Waals surface area contributed by atoms with Crippen LogP contribution >= 0.6 is 11.3 Å². The molecule has 142 valence electrons. The second-order valence-corrected chi connectivity index (χ2v) is 5.97. The molecule has 0 unspecified atom stereocenters. The molecule has 0 saturated heterocycles. The SMILES string of the molecule is Cn1nnnc1-c1c(C=NOCc2csc(N)n2)cccc1OC(F)(F)F. The molecule has 0 spiro atoms. The maximum atomic E-state index is 12.7. The van der Waals surface area contributed by atoms with E-state index in [1.807, 2.05) is 0 Å². The second kappa shape index (κ2) is 7.57. The van der Waals surface area contributed by atoms with Crippen LogP contribution in [0.5, 0.6) is 5.75 Å². The van der Waals surface area contributed by atoms with Crippen molar-refractivity contribution >= 4 is 22.7 Å². The van der Waals surface area contributed by atoms with E-state index in [0.29, 0.717) is 10.8 Å². The lowest BCUT2D eigenvalue weighted by molar-refractivity contribution is -0.274. The molecule has 2 aromatic heterocycles. The Balaban J connectivity index is 1.88. The molecule has 27 heavy (non-hydrogen) atoms. The topological polar surface area (TPSA) is 113 Å².